The quantitative estimate of drug-likeness (QED) is 0.894. The normalized spacial score (nSPS) is 21.9. The van der Waals surface area contributed by atoms with Gasteiger partial charge in [-0.15, -0.1) is 11.3 Å². The Hall–Kier alpha value is -0.450. The molecule has 1 aliphatic heterocycles. The molecule has 0 aromatic carbocycles. The van der Waals surface area contributed by atoms with Gasteiger partial charge in [-0.05, 0) is 32.7 Å². The minimum atomic E-state index is 0.650. The zero-order chi connectivity index (χ0) is 11.7. The number of hydrogen-bond donors (Lipinski definition) is 1. The van der Waals surface area contributed by atoms with E-state index in [1.807, 2.05) is 18.4 Å². The van der Waals surface area contributed by atoms with Crippen LogP contribution in [0.2, 0.25) is 0 Å². The smallest absolute Gasteiger partial charge is 0.0964 e. The minimum Gasteiger partial charge on any atom is -0.381 e. The molecule has 2 fully saturated rings. The molecule has 0 spiro atoms. The third-order valence-electron chi connectivity index (χ3n) is 3.62. The molecule has 0 radical (unpaired) electrons. The van der Waals surface area contributed by atoms with Crippen molar-refractivity contribution in [3.8, 4) is 0 Å². The second-order valence-electron chi connectivity index (χ2n) is 5.05. The maximum absolute atomic E-state index is 5.43. The highest BCUT2D eigenvalue weighted by molar-refractivity contribution is 7.11. The number of rotatable bonds is 4. The molecule has 2 aliphatic rings. The molecule has 3 rings (SSSR count). The monoisotopic (exact) mass is 252 g/mol. The third kappa shape index (κ3) is 2.54. The molecule has 1 aromatic rings. The lowest BCUT2D eigenvalue weighted by atomic mass is 10.0. The van der Waals surface area contributed by atoms with Crippen molar-refractivity contribution in [2.45, 2.75) is 44.1 Å². The molecule has 1 N–H and O–H groups in total. The SMILES string of the molecule is CNCc1sc(C2CCOCC2)nc1C1CC1. The molecule has 1 aliphatic carbocycles. The molecule has 1 saturated carbocycles. The zero-order valence-electron chi connectivity index (χ0n) is 10.4. The van der Waals surface area contributed by atoms with Crippen LogP contribution < -0.4 is 5.32 Å². The van der Waals surface area contributed by atoms with Crippen LogP contribution in [0.4, 0.5) is 0 Å². The lowest BCUT2D eigenvalue weighted by molar-refractivity contribution is 0.0852. The minimum absolute atomic E-state index is 0.650. The Bertz CT molecular complexity index is 381. The van der Waals surface area contributed by atoms with Crippen LogP contribution in [0.1, 0.15) is 53.1 Å². The summed E-state index contributed by atoms with van der Waals surface area (Å²) >= 11 is 1.93. The second kappa shape index (κ2) is 5.04. The van der Waals surface area contributed by atoms with E-state index in [0.29, 0.717) is 5.92 Å². The molecule has 0 unspecified atom stereocenters. The van der Waals surface area contributed by atoms with Gasteiger partial charge in [0.25, 0.3) is 0 Å². The van der Waals surface area contributed by atoms with Crippen molar-refractivity contribution in [2.24, 2.45) is 0 Å². The van der Waals surface area contributed by atoms with Gasteiger partial charge in [0.15, 0.2) is 0 Å². The number of nitrogens with one attached hydrogen (secondary N) is 1. The fourth-order valence-corrected chi connectivity index (χ4v) is 3.80. The predicted molar refractivity (Wildman–Crippen MR) is 69.6 cm³/mol. The summed E-state index contributed by atoms with van der Waals surface area (Å²) in [6.45, 7) is 2.79. The zero-order valence-corrected chi connectivity index (χ0v) is 11.2. The van der Waals surface area contributed by atoms with Gasteiger partial charge in [-0.2, -0.15) is 0 Å². The highest BCUT2D eigenvalue weighted by Gasteiger charge is 2.31. The molecular formula is C13H20N2OS. The Morgan fingerprint density at radius 2 is 2.00 bits per heavy atom. The Morgan fingerprint density at radius 3 is 2.65 bits per heavy atom. The molecule has 94 valence electrons. The van der Waals surface area contributed by atoms with Crippen LogP contribution in [-0.2, 0) is 11.3 Å². The molecule has 1 aromatic heterocycles. The fraction of sp³-hybridized carbons (Fsp3) is 0.769. The van der Waals surface area contributed by atoms with Gasteiger partial charge in [-0.25, -0.2) is 4.98 Å². The van der Waals surface area contributed by atoms with Crippen LogP contribution in [0.15, 0.2) is 0 Å². The standard InChI is InChI=1S/C13H20N2OS/c1-14-8-11-12(9-2-3-9)15-13(17-11)10-4-6-16-7-5-10/h9-10,14H,2-8H2,1H3. The van der Waals surface area contributed by atoms with Crippen LogP contribution in [-0.4, -0.2) is 25.2 Å². The van der Waals surface area contributed by atoms with Gasteiger partial charge in [0.05, 0.1) is 10.7 Å². The highest BCUT2D eigenvalue weighted by Crippen LogP contribution is 2.44. The molecule has 0 amide bonds. The van der Waals surface area contributed by atoms with Crippen molar-refractivity contribution >= 4 is 11.3 Å². The predicted octanol–water partition coefficient (Wildman–Crippen LogP) is 2.63. The van der Waals surface area contributed by atoms with E-state index < -0.39 is 0 Å². The summed E-state index contributed by atoms with van der Waals surface area (Å²) in [5.74, 6) is 1.42. The molecule has 4 heteroatoms. The molecule has 0 bridgehead atoms. The summed E-state index contributed by atoms with van der Waals surface area (Å²) in [6.07, 6.45) is 4.98. The fourth-order valence-electron chi connectivity index (χ4n) is 2.46. The van der Waals surface area contributed by atoms with Crippen LogP contribution in [0.5, 0.6) is 0 Å². The number of ether oxygens (including phenoxy) is 1. The number of hydrogen-bond acceptors (Lipinski definition) is 4. The molecule has 17 heavy (non-hydrogen) atoms. The van der Waals surface area contributed by atoms with Crippen LogP contribution in [0.3, 0.4) is 0 Å². The van der Waals surface area contributed by atoms with Crippen LogP contribution >= 0.6 is 11.3 Å². The number of thiazole rings is 1. The topological polar surface area (TPSA) is 34.1 Å². The molecule has 2 heterocycles. The molecular weight excluding hydrogens is 232 g/mol. The van der Waals surface area contributed by atoms with Gasteiger partial charge in [0, 0.05) is 36.5 Å². The maximum atomic E-state index is 5.43. The molecule has 1 saturated heterocycles. The Balaban J connectivity index is 1.81. The van der Waals surface area contributed by atoms with E-state index >= 15 is 0 Å². The lowest BCUT2D eigenvalue weighted by Gasteiger charge is -2.19. The molecule has 3 nitrogen and oxygen atoms in total. The van der Waals surface area contributed by atoms with Crippen molar-refractivity contribution in [1.82, 2.24) is 10.3 Å². The third-order valence-corrected chi connectivity index (χ3v) is 4.85. The van der Waals surface area contributed by atoms with Crippen LogP contribution in [0, 0.1) is 0 Å². The van der Waals surface area contributed by atoms with Gasteiger partial charge >= 0.3 is 0 Å². The summed E-state index contributed by atoms with van der Waals surface area (Å²) in [4.78, 5) is 6.41. The average molecular weight is 252 g/mol. The Labute approximate surface area is 107 Å². The van der Waals surface area contributed by atoms with E-state index in [4.69, 9.17) is 9.72 Å². The maximum Gasteiger partial charge on any atom is 0.0964 e. The van der Waals surface area contributed by atoms with Crippen molar-refractivity contribution < 1.29 is 4.74 Å². The summed E-state index contributed by atoms with van der Waals surface area (Å²) in [6, 6.07) is 0. The van der Waals surface area contributed by atoms with E-state index in [0.717, 1.165) is 38.5 Å². The molecule has 0 atom stereocenters. The van der Waals surface area contributed by atoms with Gasteiger partial charge < -0.3 is 10.1 Å². The first-order valence-corrected chi connectivity index (χ1v) is 7.42. The van der Waals surface area contributed by atoms with Crippen molar-refractivity contribution in [3.63, 3.8) is 0 Å². The van der Waals surface area contributed by atoms with E-state index in [1.165, 1.54) is 28.4 Å². The van der Waals surface area contributed by atoms with E-state index in [-0.39, 0.29) is 0 Å². The first-order chi connectivity index (χ1) is 8.38. The van der Waals surface area contributed by atoms with E-state index in [9.17, 15) is 0 Å². The average Bonchev–Trinajstić information content (AvgIpc) is 3.13. The van der Waals surface area contributed by atoms with Gasteiger partial charge in [0.1, 0.15) is 0 Å². The van der Waals surface area contributed by atoms with Gasteiger partial charge in [-0.3, -0.25) is 0 Å². The van der Waals surface area contributed by atoms with Gasteiger partial charge in [-0.1, -0.05) is 0 Å². The summed E-state index contributed by atoms with van der Waals surface area (Å²) in [7, 11) is 2.02. The summed E-state index contributed by atoms with van der Waals surface area (Å²) in [5.41, 5.74) is 1.39. The first-order valence-electron chi connectivity index (χ1n) is 6.60. The van der Waals surface area contributed by atoms with E-state index in [2.05, 4.69) is 5.32 Å². The van der Waals surface area contributed by atoms with E-state index in [1.54, 1.807) is 0 Å². The largest absolute Gasteiger partial charge is 0.381 e. The lowest BCUT2D eigenvalue weighted by Crippen LogP contribution is -2.13. The number of aromatic nitrogens is 1. The highest BCUT2D eigenvalue weighted by atomic mass is 32.1. The summed E-state index contributed by atoms with van der Waals surface area (Å²) < 4.78 is 5.43. The summed E-state index contributed by atoms with van der Waals surface area (Å²) in [5, 5.41) is 4.63. The van der Waals surface area contributed by atoms with Crippen molar-refractivity contribution in [3.05, 3.63) is 15.6 Å². The Morgan fingerprint density at radius 1 is 1.24 bits per heavy atom. The van der Waals surface area contributed by atoms with Crippen LogP contribution in [0.25, 0.3) is 0 Å². The van der Waals surface area contributed by atoms with Crippen molar-refractivity contribution in [2.75, 3.05) is 20.3 Å². The second-order valence-corrected chi connectivity index (χ2v) is 6.17. The first kappa shape index (κ1) is 11.6. The van der Waals surface area contributed by atoms with Gasteiger partial charge in [0.2, 0.25) is 0 Å². The Kier molecular flexibility index (Phi) is 3.45. The number of nitrogens with zero attached hydrogens (tertiary/aromatic N) is 1. The van der Waals surface area contributed by atoms with Crippen molar-refractivity contribution in [1.29, 1.82) is 0 Å².